The summed E-state index contributed by atoms with van der Waals surface area (Å²) in [7, 11) is 0. The van der Waals surface area contributed by atoms with E-state index in [0.717, 1.165) is 37.7 Å². The molecular weight excluding hydrogens is 214 g/mol. The van der Waals surface area contributed by atoms with Crippen molar-refractivity contribution in [1.29, 1.82) is 0 Å². The summed E-state index contributed by atoms with van der Waals surface area (Å²) in [6.45, 7) is 5.14. The number of nitrogens with zero attached hydrogens (tertiary/aromatic N) is 2. The molecule has 0 aromatic carbocycles. The Morgan fingerprint density at radius 2 is 2.13 bits per heavy atom. The van der Waals surface area contributed by atoms with Crippen LogP contribution in [0.4, 0.5) is 11.5 Å². The quantitative estimate of drug-likeness (QED) is 0.789. The summed E-state index contributed by atoms with van der Waals surface area (Å²) in [5, 5.41) is 0.518. The largest absolute Gasteiger partial charge is 0.397 e. The van der Waals surface area contributed by atoms with Gasteiger partial charge in [0.25, 0.3) is 0 Å². The third kappa shape index (κ3) is 2.01. The van der Waals surface area contributed by atoms with Gasteiger partial charge < -0.3 is 15.4 Å². The van der Waals surface area contributed by atoms with Gasteiger partial charge in [-0.3, -0.25) is 0 Å². The van der Waals surface area contributed by atoms with Gasteiger partial charge in [0.05, 0.1) is 30.1 Å². The number of hydrogen-bond acceptors (Lipinski definition) is 4. The van der Waals surface area contributed by atoms with Crippen LogP contribution in [0.5, 0.6) is 0 Å². The first-order valence-electron chi connectivity index (χ1n) is 4.93. The lowest BCUT2D eigenvalue weighted by atomic mass is 10.2. The predicted molar refractivity (Wildman–Crippen MR) is 61.4 cm³/mol. The number of pyridine rings is 1. The van der Waals surface area contributed by atoms with Gasteiger partial charge in [0.15, 0.2) is 0 Å². The van der Waals surface area contributed by atoms with Crippen LogP contribution >= 0.6 is 11.6 Å². The number of aromatic nitrogens is 1. The molecule has 0 spiro atoms. The molecule has 2 rings (SSSR count). The standard InChI is InChI=1S/C10H14ClN3O/c1-7-9(12)8(11)6-13-10(7)14-2-4-15-5-3-14/h6H,2-5H2,1H3,(H2,12,13). The molecule has 4 nitrogen and oxygen atoms in total. The molecule has 1 aliphatic rings. The van der Waals surface area contributed by atoms with Gasteiger partial charge in [-0.1, -0.05) is 11.6 Å². The number of morpholine rings is 1. The second-order valence-corrected chi connectivity index (χ2v) is 3.98. The fourth-order valence-electron chi connectivity index (χ4n) is 1.68. The van der Waals surface area contributed by atoms with Crippen molar-refractivity contribution in [3.05, 3.63) is 16.8 Å². The van der Waals surface area contributed by atoms with Gasteiger partial charge >= 0.3 is 0 Å². The van der Waals surface area contributed by atoms with Crippen molar-refractivity contribution < 1.29 is 4.74 Å². The zero-order valence-corrected chi connectivity index (χ0v) is 9.42. The molecule has 0 unspecified atom stereocenters. The van der Waals surface area contributed by atoms with Gasteiger partial charge in [0, 0.05) is 18.7 Å². The Balaban J connectivity index is 2.31. The lowest BCUT2D eigenvalue weighted by Crippen LogP contribution is -2.37. The average molecular weight is 228 g/mol. The molecular formula is C10H14ClN3O. The molecule has 0 amide bonds. The number of hydrogen-bond donors (Lipinski definition) is 1. The summed E-state index contributed by atoms with van der Waals surface area (Å²) >= 11 is 5.89. The number of halogens is 1. The SMILES string of the molecule is Cc1c(N2CCOCC2)ncc(Cl)c1N. The highest BCUT2D eigenvalue weighted by atomic mass is 35.5. The molecule has 0 aliphatic carbocycles. The zero-order valence-electron chi connectivity index (χ0n) is 8.66. The second-order valence-electron chi connectivity index (χ2n) is 3.57. The fourth-order valence-corrected chi connectivity index (χ4v) is 1.87. The lowest BCUT2D eigenvalue weighted by Gasteiger charge is -2.29. The maximum Gasteiger partial charge on any atom is 0.133 e. The van der Waals surface area contributed by atoms with Crippen molar-refractivity contribution in [3.8, 4) is 0 Å². The first kappa shape index (κ1) is 10.5. The molecule has 1 fully saturated rings. The molecule has 1 saturated heterocycles. The van der Waals surface area contributed by atoms with Crippen molar-refractivity contribution in [2.75, 3.05) is 36.9 Å². The van der Waals surface area contributed by atoms with Gasteiger partial charge in [-0.15, -0.1) is 0 Å². The number of nitrogens with two attached hydrogens (primary N) is 1. The number of anilines is 2. The zero-order chi connectivity index (χ0) is 10.8. The van der Waals surface area contributed by atoms with E-state index in [1.54, 1.807) is 6.20 Å². The Morgan fingerprint density at radius 1 is 1.47 bits per heavy atom. The van der Waals surface area contributed by atoms with E-state index in [9.17, 15) is 0 Å². The Labute approximate surface area is 94.0 Å². The number of ether oxygens (including phenoxy) is 1. The van der Waals surface area contributed by atoms with Gasteiger partial charge in [0.2, 0.25) is 0 Å². The molecule has 5 heteroatoms. The molecule has 2 heterocycles. The van der Waals surface area contributed by atoms with E-state index in [2.05, 4.69) is 9.88 Å². The summed E-state index contributed by atoms with van der Waals surface area (Å²) in [6.07, 6.45) is 1.61. The van der Waals surface area contributed by atoms with Crippen molar-refractivity contribution in [1.82, 2.24) is 4.98 Å². The molecule has 1 aromatic heterocycles. The van der Waals surface area contributed by atoms with E-state index in [0.29, 0.717) is 10.7 Å². The Morgan fingerprint density at radius 3 is 2.80 bits per heavy atom. The Hall–Kier alpha value is -1.00. The summed E-state index contributed by atoms with van der Waals surface area (Å²) in [5.74, 6) is 0.917. The van der Waals surface area contributed by atoms with E-state index >= 15 is 0 Å². The third-order valence-corrected chi connectivity index (χ3v) is 2.91. The minimum Gasteiger partial charge on any atom is -0.397 e. The first-order valence-corrected chi connectivity index (χ1v) is 5.31. The Kier molecular flexibility index (Phi) is 2.98. The molecule has 1 aromatic rings. The highest BCUT2D eigenvalue weighted by molar-refractivity contribution is 6.33. The molecule has 0 saturated carbocycles. The van der Waals surface area contributed by atoms with Crippen LogP contribution in [0.3, 0.4) is 0 Å². The molecule has 82 valence electrons. The van der Waals surface area contributed by atoms with Crippen LogP contribution < -0.4 is 10.6 Å². The molecule has 0 atom stereocenters. The first-order chi connectivity index (χ1) is 7.20. The predicted octanol–water partition coefficient (Wildman–Crippen LogP) is 1.46. The highest BCUT2D eigenvalue weighted by Gasteiger charge is 2.16. The van der Waals surface area contributed by atoms with E-state index in [-0.39, 0.29) is 0 Å². The van der Waals surface area contributed by atoms with Gasteiger partial charge in [-0.25, -0.2) is 4.98 Å². The topological polar surface area (TPSA) is 51.4 Å². The van der Waals surface area contributed by atoms with Crippen molar-refractivity contribution in [2.45, 2.75) is 6.92 Å². The maximum atomic E-state index is 5.89. The third-order valence-electron chi connectivity index (χ3n) is 2.61. The minimum atomic E-state index is 0.518. The fraction of sp³-hybridized carbons (Fsp3) is 0.500. The van der Waals surface area contributed by atoms with E-state index < -0.39 is 0 Å². The maximum absolute atomic E-state index is 5.89. The minimum absolute atomic E-state index is 0.518. The van der Waals surface area contributed by atoms with Crippen molar-refractivity contribution in [3.63, 3.8) is 0 Å². The summed E-state index contributed by atoms with van der Waals surface area (Å²) in [6, 6.07) is 0. The van der Waals surface area contributed by atoms with E-state index in [4.69, 9.17) is 22.1 Å². The van der Waals surface area contributed by atoms with Crippen LogP contribution in [-0.4, -0.2) is 31.3 Å². The second kappa shape index (κ2) is 4.24. The number of nitrogen functional groups attached to an aromatic ring is 1. The monoisotopic (exact) mass is 227 g/mol. The summed E-state index contributed by atoms with van der Waals surface area (Å²) in [5.41, 5.74) is 7.43. The van der Waals surface area contributed by atoms with E-state index in [1.807, 2.05) is 6.92 Å². The van der Waals surface area contributed by atoms with Gasteiger partial charge in [-0.05, 0) is 6.92 Å². The van der Waals surface area contributed by atoms with Gasteiger partial charge in [-0.2, -0.15) is 0 Å². The Bertz CT molecular complexity index is 364. The van der Waals surface area contributed by atoms with Crippen molar-refractivity contribution in [2.24, 2.45) is 0 Å². The van der Waals surface area contributed by atoms with Crippen LogP contribution in [0.15, 0.2) is 6.20 Å². The smallest absolute Gasteiger partial charge is 0.133 e. The molecule has 1 aliphatic heterocycles. The van der Waals surface area contributed by atoms with Crippen LogP contribution in [-0.2, 0) is 4.74 Å². The van der Waals surface area contributed by atoms with Crippen LogP contribution in [0.25, 0.3) is 0 Å². The lowest BCUT2D eigenvalue weighted by molar-refractivity contribution is 0.122. The number of rotatable bonds is 1. The van der Waals surface area contributed by atoms with Crippen molar-refractivity contribution >= 4 is 23.1 Å². The molecule has 0 bridgehead atoms. The summed E-state index contributed by atoms with van der Waals surface area (Å²) < 4.78 is 5.29. The molecule has 2 N–H and O–H groups in total. The molecule has 0 radical (unpaired) electrons. The highest BCUT2D eigenvalue weighted by Crippen LogP contribution is 2.28. The average Bonchev–Trinajstić information content (AvgIpc) is 2.27. The van der Waals surface area contributed by atoms with Gasteiger partial charge in [0.1, 0.15) is 5.82 Å². The van der Waals surface area contributed by atoms with Crippen LogP contribution in [0, 0.1) is 6.92 Å². The van der Waals surface area contributed by atoms with Crippen LogP contribution in [0.2, 0.25) is 5.02 Å². The van der Waals surface area contributed by atoms with Crippen LogP contribution in [0.1, 0.15) is 5.56 Å². The molecule has 15 heavy (non-hydrogen) atoms. The summed E-state index contributed by atoms with van der Waals surface area (Å²) in [4.78, 5) is 6.49. The normalized spacial score (nSPS) is 16.8. The van der Waals surface area contributed by atoms with E-state index in [1.165, 1.54) is 0 Å².